The molecule has 1 atom stereocenters. The van der Waals surface area contributed by atoms with Gasteiger partial charge in [0.1, 0.15) is 0 Å². The molecule has 0 spiro atoms. The lowest BCUT2D eigenvalue weighted by molar-refractivity contribution is 0.281. The van der Waals surface area contributed by atoms with Crippen LogP contribution < -0.4 is 5.32 Å². The predicted octanol–water partition coefficient (Wildman–Crippen LogP) is 0.555. The second kappa shape index (κ2) is 3.50. The van der Waals surface area contributed by atoms with Crippen LogP contribution in [0.1, 0.15) is 5.56 Å². The summed E-state index contributed by atoms with van der Waals surface area (Å²) in [6.45, 7) is 1.73. The number of hydrogen-bond donors (Lipinski definition) is 2. The number of nitrogens with one attached hydrogen (secondary N) is 1. The highest BCUT2D eigenvalue weighted by Gasteiger charge is 2.29. The van der Waals surface area contributed by atoms with Gasteiger partial charge in [0.2, 0.25) is 0 Å². The van der Waals surface area contributed by atoms with Crippen molar-refractivity contribution >= 4 is 15.5 Å². The van der Waals surface area contributed by atoms with Crippen molar-refractivity contribution in [2.24, 2.45) is 0 Å². The van der Waals surface area contributed by atoms with Gasteiger partial charge in [-0.05, 0) is 24.6 Å². The highest BCUT2D eigenvalue weighted by atomic mass is 32.2. The zero-order valence-corrected chi connectivity index (χ0v) is 9.21. The standard InChI is InChI=1S/C10H13NO3S/c1-7-2-3-10-9(4-7)11-8(5-12)6-15(10,13)14/h2-4,8,11-12H,5-6H2,1H3. The quantitative estimate of drug-likeness (QED) is 0.735. The SMILES string of the molecule is Cc1ccc2c(c1)NC(CO)CS2(=O)=O. The summed E-state index contributed by atoms with van der Waals surface area (Å²) >= 11 is 0. The summed E-state index contributed by atoms with van der Waals surface area (Å²) in [5.74, 6) is -0.0421. The molecular weight excluding hydrogens is 214 g/mol. The zero-order chi connectivity index (χ0) is 11.1. The number of hydrogen-bond acceptors (Lipinski definition) is 4. The van der Waals surface area contributed by atoms with Gasteiger partial charge >= 0.3 is 0 Å². The third kappa shape index (κ3) is 1.85. The topological polar surface area (TPSA) is 66.4 Å². The van der Waals surface area contributed by atoms with E-state index >= 15 is 0 Å². The lowest BCUT2D eigenvalue weighted by atomic mass is 10.2. The van der Waals surface area contributed by atoms with Gasteiger partial charge in [-0.1, -0.05) is 6.07 Å². The average Bonchev–Trinajstić information content (AvgIpc) is 2.15. The molecule has 0 radical (unpaired) electrons. The number of aryl methyl sites for hydroxylation is 1. The van der Waals surface area contributed by atoms with E-state index in [1.54, 1.807) is 18.2 Å². The third-order valence-electron chi connectivity index (χ3n) is 2.47. The van der Waals surface area contributed by atoms with E-state index in [0.29, 0.717) is 10.6 Å². The summed E-state index contributed by atoms with van der Waals surface area (Å²) in [5.41, 5.74) is 1.59. The normalized spacial score (nSPS) is 22.9. The molecule has 1 aromatic carbocycles. The van der Waals surface area contributed by atoms with Crippen molar-refractivity contribution in [1.82, 2.24) is 0 Å². The number of aliphatic hydroxyl groups is 1. The molecule has 1 aliphatic rings. The fourth-order valence-electron chi connectivity index (χ4n) is 1.74. The summed E-state index contributed by atoms with van der Waals surface area (Å²) in [5, 5.41) is 12.0. The second-order valence-electron chi connectivity index (χ2n) is 3.80. The third-order valence-corrected chi connectivity index (χ3v) is 4.34. The predicted molar refractivity (Wildman–Crippen MR) is 57.7 cm³/mol. The van der Waals surface area contributed by atoms with E-state index in [0.717, 1.165) is 5.56 Å². The molecule has 1 unspecified atom stereocenters. The van der Waals surface area contributed by atoms with Crippen LogP contribution in [0, 0.1) is 6.92 Å². The van der Waals surface area contributed by atoms with Gasteiger partial charge in [-0.25, -0.2) is 8.42 Å². The van der Waals surface area contributed by atoms with Crippen LogP contribution in [0.25, 0.3) is 0 Å². The van der Waals surface area contributed by atoms with Gasteiger partial charge in [-0.3, -0.25) is 0 Å². The molecule has 0 aromatic heterocycles. The van der Waals surface area contributed by atoms with E-state index in [-0.39, 0.29) is 12.4 Å². The maximum atomic E-state index is 11.8. The van der Waals surface area contributed by atoms with E-state index in [1.807, 2.05) is 6.92 Å². The Hall–Kier alpha value is -1.07. The number of sulfone groups is 1. The minimum Gasteiger partial charge on any atom is -0.394 e. The summed E-state index contributed by atoms with van der Waals surface area (Å²) in [6.07, 6.45) is 0. The Morgan fingerprint density at radius 1 is 1.53 bits per heavy atom. The molecule has 0 bridgehead atoms. The van der Waals surface area contributed by atoms with E-state index in [2.05, 4.69) is 5.32 Å². The number of anilines is 1. The Kier molecular flexibility index (Phi) is 2.44. The molecule has 15 heavy (non-hydrogen) atoms. The van der Waals surface area contributed by atoms with E-state index in [9.17, 15) is 8.42 Å². The van der Waals surface area contributed by atoms with Crippen LogP contribution in [-0.2, 0) is 9.84 Å². The smallest absolute Gasteiger partial charge is 0.182 e. The lowest BCUT2D eigenvalue weighted by Gasteiger charge is -2.25. The molecule has 2 N–H and O–H groups in total. The summed E-state index contributed by atoms with van der Waals surface area (Å²) in [6, 6.07) is 4.77. The van der Waals surface area contributed by atoms with E-state index in [1.165, 1.54) is 0 Å². The Morgan fingerprint density at radius 2 is 2.27 bits per heavy atom. The highest BCUT2D eigenvalue weighted by molar-refractivity contribution is 7.91. The molecule has 1 aromatic rings. The van der Waals surface area contributed by atoms with Crippen molar-refractivity contribution in [2.75, 3.05) is 17.7 Å². The Morgan fingerprint density at radius 3 is 2.93 bits per heavy atom. The molecule has 82 valence electrons. The first-order valence-electron chi connectivity index (χ1n) is 4.74. The van der Waals surface area contributed by atoms with E-state index < -0.39 is 15.9 Å². The number of fused-ring (bicyclic) bond motifs is 1. The van der Waals surface area contributed by atoms with Crippen LogP contribution in [0.2, 0.25) is 0 Å². The molecule has 0 fully saturated rings. The van der Waals surface area contributed by atoms with Crippen molar-refractivity contribution < 1.29 is 13.5 Å². The molecule has 1 heterocycles. The number of benzene rings is 1. The Balaban J connectivity index is 2.55. The molecule has 2 rings (SSSR count). The summed E-state index contributed by atoms with van der Waals surface area (Å²) in [7, 11) is -3.24. The first-order chi connectivity index (χ1) is 7.03. The maximum Gasteiger partial charge on any atom is 0.182 e. The molecule has 1 aliphatic heterocycles. The number of aliphatic hydroxyl groups excluding tert-OH is 1. The fraction of sp³-hybridized carbons (Fsp3) is 0.400. The average molecular weight is 227 g/mol. The van der Waals surface area contributed by atoms with Crippen LogP contribution in [0.3, 0.4) is 0 Å². The number of rotatable bonds is 1. The fourth-order valence-corrected chi connectivity index (χ4v) is 3.37. The highest BCUT2D eigenvalue weighted by Crippen LogP contribution is 2.28. The second-order valence-corrected chi connectivity index (χ2v) is 5.81. The van der Waals surface area contributed by atoms with Crippen molar-refractivity contribution in [3.8, 4) is 0 Å². The van der Waals surface area contributed by atoms with Crippen LogP contribution in [0.5, 0.6) is 0 Å². The first-order valence-corrected chi connectivity index (χ1v) is 6.39. The monoisotopic (exact) mass is 227 g/mol. The summed E-state index contributed by atoms with van der Waals surface area (Å²) in [4.78, 5) is 0.331. The molecule has 0 amide bonds. The van der Waals surface area contributed by atoms with Gasteiger partial charge in [-0.2, -0.15) is 0 Å². The van der Waals surface area contributed by atoms with Gasteiger partial charge in [0, 0.05) is 0 Å². The van der Waals surface area contributed by atoms with Gasteiger partial charge in [0.15, 0.2) is 9.84 Å². The van der Waals surface area contributed by atoms with Gasteiger partial charge in [-0.15, -0.1) is 0 Å². The minimum atomic E-state index is -3.24. The first kappa shape index (κ1) is 10.4. The van der Waals surface area contributed by atoms with Gasteiger partial charge < -0.3 is 10.4 Å². The van der Waals surface area contributed by atoms with Crippen LogP contribution >= 0.6 is 0 Å². The minimum absolute atomic E-state index is 0.0421. The Bertz CT molecular complexity index is 481. The molecule has 0 saturated heterocycles. The largest absolute Gasteiger partial charge is 0.394 e. The maximum absolute atomic E-state index is 11.8. The van der Waals surface area contributed by atoms with Crippen LogP contribution in [-0.4, -0.2) is 31.9 Å². The van der Waals surface area contributed by atoms with E-state index in [4.69, 9.17) is 5.11 Å². The van der Waals surface area contributed by atoms with Crippen molar-refractivity contribution in [1.29, 1.82) is 0 Å². The van der Waals surface area contributed by atoms with Crippen molar-refractivity contribution in [3.63, 3.8) is 0 Å². The van der Waals surface area contributed by atoms with Crippen molar-refractivity contribution in [3.05, 3.63) is 23.8 Å². The van der Waals surface area contributed by atoms with Gasteiger partial charge in [0.25, 0.3) is 0 Å². The van der Waals surface area contributed by atoms with Crippen molar-refractivity contribution in [2.45, 2.75) is 17.9 Å². The van der Waals surface area contributed by atoms with Crippen LogP contribution in [0.15, 0.2) is 23.1 Å². The molecule has 5 heteroatoms. The molecule has 4 nitrogen and oxygen atoms in total. The summed E-state index contributed by atoms with van der Waals surface area (Å²) < 4.78 is 23.6. The van der Waals surface area contributed by atoms with Gasteiger partial charge in [0.05, 0.1) is 29.0 Å². The molecule has 0 aliphatic carbocycles. The Labute approximate surface area is 88.9 Å². The molecule has 0 saturated carbocycles. The van der Waals surface area contributed by atoms with Crippen LogP contribution in [0.4, 0.5) is 5.69 Å². The molecular formula is C10H13NO3S. The zero-order valence-electron chi connectivity index (χ0n) is 8.40. The lowest BCUT2D eigenvalue weighted by Crippen LogP contribution is -2.36.